The van der Waals surface area contributed by atoms with Gasteiger partial charge >= 0.3 is 5.97 Å². The largest absolute Gasteiger partial charge is 0.449 e. The van der Waals surface area contributed by atoms with Gasteiger partial charge in [-0.1, -0.05) is 41.4 Å². The first-order valence-corrected chi connectivity index (χ1v) is 6.10. The van der Waals surface area contributed by atoms with Crippen molar-refractivity contribution in [2.45, 2.75) is 13.0 Å². The monoisotopic (exact) mass is 258 g/mol. The zero-order valence-corrected chi connectivity index (χ0v) is 10.6. The summed E-state index contributed by atoms with van der Waals surface area (Å²) in [5.41, 5.74) is 3.64. The molecule has 0 amide bonds. The minimum Gasteiger partial charge on any atom is -0.449 e. The summed E-state index contributed by atoms with van der Waals surface area (Å²) in [6.45, 7) is 2.00. The third-order valence-electron chi connectivity index (χ3n) is 3.11. The van der Waals surface area contributed by atoms with Crippen LogP contribution in [0.15, 0.2) is 42.5 Å². The van der Waals surface area contributed by atoms with E-state index >= 15 is 0 Å². The number of esters is 1. The third kappa shape index (κ3) is 1.79. The summed E-state index contributed by atoms with van der Waals surface area (Å²) in [5, 5.41) is 0.674. The van der Waals surface area contributed by atoms with Gasteiger partial charge in [-0.3, -0.25) is 0 Å². The van der Waals surface area contributed by atoms with E-state index in [1.54, 1.807) is 12.1 Å². The van der Waals surface area contributed by atoms with Gasteiger partial charge in [-0.25, -0.2) is 4.79 Å². The van der Waals surface area contributed by atoms with Gasteiger partial charge in [0.05, 0.1) is 5.56 Å². The molecule has 0 aromatic heterocycles. The van der Waals surface area contributed by atoms with E-state index in [1.807, 2.05) is 37.3 Å². The molecule has 3 rings (SSSR count). The van der Waals surface area contributed by atoms with E-state index in [0.29, 0.717) is 10.6 Å². The van der Waals surface area contributed by atoms with Crippen LogP contribution in [0.25, 0.3) is 0 Å². The summed E-state index contributed by atoms with van der Waals surface area (Å²) < 4.78 is 5.43. The van der Waals surface area contributed by atoms with Crippen molar-refractivity contribution in [1.29, 1.82) is 0 Å². The van der Waals surface area contributed by atoms with Crippen molar-refractivity contribution in [3.8, 4) is 0 Å². The SMILES string of the molecule is Cc1ccc2c(c1)C(c1ccc(Cl)cc1)OC2=O. The highest BCUT2D eigenvalue weighted by molar-refractivity contribution is 6.30. The Hall–Kier alpha value is -1.80. The summed E-state index contributed by atoms with van der Waals surface area (Å²) in [5.74, 6) is -0.259. The van der Waals surface area contributed by atoms with E-state index in [2.05, 4.69) is 0 Å². The molecule has 0 aliphatic carbocycles. The van der Waals surface area contributed by atoms with E-state index < -0.39 is 0 Å². The van der Waals surface area contributed by atoms with Gasteiger partial charge in [-0.15, -0.1) is 0 Å². The number of carbonyl (C=O) groups excluding carboxylic acids is 1. The van der Waals surface area contributed by atoms with Gasteiger partial charge in [0.15, 0.2) is 6.10 Å². The highest BCUT2D eigenvalue weighted by Gasteiger charge is 2.31. The van der Waals surface area contributed by atoms with Crippen molar-refractivity contribution in [1.82, 2.24) is 0 Å². The molecular formula is C15H11ClO2. The molecule has 0 saturated heterocycles. The van der Waals surface area contributed by atoms with E-state index in [4.69, 9.17) is 16.3 Å². The van der Waals surface area contributed by atoms with Crippen LogP contribution in [0.5, 0.6) is 0 Å². The van der Waals surface area contributed by atoms with Gasteiger partial charge in [0.2, 0.25) is 0 Å². The number of halogens is 1. The first-order valence-electron chi connectivity index (χ1n) is 5.72. The number of hydrogen-bond acceptors (Lipinski definition) is 2. The molecule has 0 saturated carbocycles. The normalized spacial score (nSPS) is 17.4. The lowest BCUT2D eigenvalue weighted by Crippen LogP contribution is -2.00. The van der Waals surface area contributed by atoms with Crippen LogP contribution in [-0.4, -0.2) is 5.97 Å². The minimum atomic E-state index is -0.315. The van der Waals surface area contributed by atoms with Crippen LogP contribution in [-0.2, 0) is 4.74 Å². The molecule has 18 heavy (non-hydrogen) atoms. The van der Waals surface area contributed by atoms with Gasteiger partial charge in [0.25, 0.3) is 0 Å². The average Bonchev–Trinajstić information content (AvgIpc) is 2.67. The number of aryl methyl sites for hydroxylation is 1. The van der Waals surface area contributed by atoms with Crippen LogP contribution in [0.1, 0.15) is 33.2 Å². The highest BCUT2D eigenvalue weighted by Crippen LogP contribution is 2.36. The molecule has 1 aliphatic rings. The van der Waals surface area contributed by atoms with Gasteiger partial charge in [-0.05, 0) is 30.7 Å². The molecule has 1 atom stereocenters. The molecule has 0 spiro atoms. The molecule has 3 heteroatoms. The lowest BCUT2D eigenvalue weighted by molar-refractivity contribution is 0.0456. The van der Waals surface area contributed by atoms with Crippen LogP contribution in [0.3, 0.4) is 0 Å². The second-order valence-electron chi connectivity index (χ2n) is 4.43. The minimum absolute atomic E-state index is 0.259. The fourth-order valence-corrected chi connectivity index (χ4v) is 2.33. The van der Waals surface area contributed by atoms with E-state index in [9.17, 15) is 4.79 Å². The summed E-state index contributed by atoms with van der Waals surface area (Å²) in [7, 11) is 0. The lowest BCUT2D eigenvalue weighted by Gasteiger charge is -2.11. The van der Waals surface area contributed by atoms with Crippen LogP contribution >= 0.6 is 11.6 Å². The smallest absolute Gasteiger partial charge is 0.339 e. The Morgan fingerprint density at radius 3 is 2.56 bits per heavy atom. The molecular weight excluding hydrogens is 248 g/mol. The maximum atomic E-state index is 11.8. The summed E-state index contributed by atoms with van der Waals surface area (Å²) in [6.07, 6.45) is -0.315. The number of fused-ring (bicyclic) bond motifs is 1. The van der Waals surface area contributed by atoms with Crippen LogP contribution in [0.4, 0.5) is 0 Å². The molecule has 1 aliphatic heterocycles. The predicted octanol–water partition coefficient (Wildman–Crippen LogP) is 3.91. The molecule has 2 nitrogen and oxygen atoms in total. The average molecular weight is 259 g/mol. The van der Waals surface area contributed by atoms with Crippen molar-refractivity contribution in [3.63, 3.8) is 0 Å². The van der Waals surface area contributed by atoms with Crippen molar-refractivity contribution in [3.05, 3.63) is 69.7 Å². The third-order valence-corrected chi connectivity index (χ3v) is 3.36. The van der Waals surface area contributed by atoms with Crippen LogP contribution in [0.2, 0.25) is 5.02 Å². The van der Waals surface area contributed by atoms with Crippen molar-refractivity contribution in [2.75, 3.05) is 0 Å². The number of ether oxygens (including phenoxy) is 1. The lowest BCUT2D eigenvalue weighted by atomic mass is 9.97. The molecule has 2 aromatic carbocycles. The van der Waals surface area contributed by atoms with Gasteiger partial charge < -0.3 is 4.74 Å². The second-order valence-corrected chi connectivity index (χ2v) is 4.86. The number of cyclic esters (lactones) is 1. The number of benzene rings is 2. The molecule has 0 N–H and O–H groups in total. The quantitative estimate of drug-likeness (QED) is 0.725. The molecule has 1 heterocycles. The van der Waals surface area contributed by atoms with Gasteiger partial charge in [0, 0.05) is 10.6 Å². The van der Waals surface area contributed by atoms with Gasteiger partial charge in [-0.2, -0.15) is 0 Å². The number of rotatable bonds is 1. The van der Waals surface area contributed by atoms with E-state index in [0.717, 1.165) is 16.7 Å². The molecule has 1 unspecified atom stereocenters. The number of carbonyl (C=O) groups is 1. The zero-order chi connectivity index (χ0) is 12.7. The first kappa shape index (κ1) is 11.3. The first-order chi connectivity index (χ1) is 8.65. The Kier molecular flexibility index (Phi) is 2.60. The molecule has 0 radical (unpaired) electrons. The maximum absolute atomic E-state index is 11.8. The topological polar surface area (TPSA) is 26.3 Å². The van der Waals surface area contributed by atoms with Crippen molar-refractivity contribution >= 4 is 17.6 Å². The van der Waals surface area contributed by atoms with Crippen molar-refractivity contribution < 1.29 is 9.53 Å². The number of hydrogen-bond donors (Lipinski definition) is 0. The standard InChI is InChI=1S/C15H11ClO2/c1-9-2-7-12-13(8-9)14(18-15(12)17)10-3-5-11(16)6-4-10/h2-8,14H,1H3. The summed E-state index contributed by atoms with van der Waals surface area (Å²) in [6, 6.07) is 13.1. The van der Waals surface area contributed by atoms with Gasteiger partial charge in [0.1, 0.15) is 0 Å². The fraction of sp³-hybridized carbons (Fsp3) is 0.133. The Labute approximate surface area is 110 Å². The van der Waals surface area contributed by atoms with Crippen molar-refractivity contribution in [2.24, 2.45) is 0 Å². The van der Waals surface area contributed by atoms with Crippen LogP contribution < -0.4 is 0 Å². The zero-order valence-electron chi connectivity index (χ0n) is 9.81. The Morgan fingerprint density at radius 1 is 1.11 bits per heavy atom. The fourth-order valence-electron chi connectivity index (χ4n) is 2.20. The Morgan fingerprint density at radius 2 is 1.83 bits per heavy atom. The summed E-state index contributed by atoms with van der Waals surface area (Å²) >= 11 is 5.86. The van der Waals surface area contributed by atoms with E-state index in [-0.39, 0.29) is 12.1 Å². The molecule has 90 valence electrons. The summed E-state index contributed by atoms with van der Waals surface area (Å²) in [4.78, 5) is 11.8. The molecule has 0 bridgehead atoms. The molecule has 2 aromatic rings. The van der Waals surface area contributed by atoms with Crippen LogP contribution in [0, 0.1) is 6.92 Å². The highest BCUT2D eigenvalue weighted by atomic mass is 35.5. The molecule has 0 fully saturated rings. The predicted molar refractivity (Wildman–Crippen MR) is 69.9 cm³/mol. The Bertz CT molecular complexity index is 617. The van der Waals surface area contributed by atoms with E-state index in [1.165, 1.54) is 0 Å². The Balaban J connectivity index is 2.09. The second kappa shape index (κ2) is 4.14. The maximum Gasteiger partial charge on any atom is 0.339 e.